The molecule has 3 N–H and O–H groups in total. The minimum absolute atomic E-state index is 0.00931. The summed E-state index contributed by atoms with van der Waals surface area (Å²) in [5, 5.41) is 2.71. The molecule has 1 aromatic carbocycles. The molecule has 0 bridgehead atoms. The molecular weight excluding hydrogens is 344 g/mol. The first kappa shape index (κ1) is 18.1. The summed E-state index contributed by atoms with van der Waals surface area (Å²) >= 11 is 0. The van der Waals surface area contributed by atoms with Gasteiger partial charge in [0.15, 0.2) is 5.78 Å². The quantitative estimate of drug-likeness (QED) is 0.668. The van der Waals surface area contributed by atoms with Crippen LogP contribution in [0.25, 0.3) is 0 Å². The van der Waals surface area contributed by atoms with Crippen molar-refractivity contribution in [3.8, 4) is 0 Å². The third-order valence-corrected chi connectivity index (χ3v) is 6.03. The number of Topliss-reactive ketones (excluding diaryl/α,β-unsaturated/α-hetero) is 1. The first-order valence-electron chi connectivity index (χ1n) is 9.80. The summed E-state index contributed by atoms with van der Waals surface area (Å²) in [5.74, 6) is -0.331. The number of carbonyl (C=O) groups is 3. The Morgan fingerprint density at radius 3 is 2.70 bits per heavy atom. The van der Waals surface area contributed by atoms with E-state index in [0.717, 1.165) is 12.8 Å². The van der Waals surface area contributed by atoms with Crippen molar-refractivity contribution in [3.05, 3.63) is 35.9 Å². The van der Waals surface area contributed by atoms with E-state index in [1.165, 1.54) is 12.8 Å². The molecule has 144 valence electrons. The SMILES string of the molecule is O=C(CNC(=O)C1CC(=O)N(C2NNC3CCCCC32)C1)c1ccccc1. The molecule has 0 radical (unpaired) electrons. The topological polar surface area (TPSA) is 90.5 Å². The number of fused-ring (bicyclic) bond motifs is 1. The molecule has 4 unspecified atom stereocenters. The van der Waals surface area contributed by atoms with Crippen LogP contribution in [0, 0.1) is 11.8 Å². The second-order valence-corrected chi connectivity index (χ2v) is 7.74. The number of rotatable bonds is 5. The molecule has 0 aromatic heterocycles. The lowest BCUT2D eigenvalue weighted by atomic mass is 9.84. The van der Waals surface area contributed by atoms with Gasteiger partial charge in [-0.25, -0.2) is 5.43 Å². The highest BCUT2D eigenvalue weighted by Gasteiger charge is 2.46. The second kappa shape index (κ2) is 7.78. The number of hydrazine groups is 1. The fourth-order valence-electron chi connectivity index (χ4n) is 4.54. The average Bonchev–Trinajstić information content (AvgIpc) is 3.29. The highest BCUT2D eigenvalue weighted by Crippen LogP contribution is 2.34. The summed E-state index contributed by atoms with van der Waals surface area (Å²) in [6.45, 7) is 0.369. The highest BCUT2D eigenvalue weighted by molar-refractivity contribution is 6.00. The van der Waals surface area contributed by atoms with Gasteiger partial charge in [0.25, 0.3) is 0 Å². The summed E-state index contributed by atoms with van der Waals surface area (Å²) < 4.78 is 0. The Labute approximate surface area is 158 Å². The molecule has 4 rings (SSSR count). The average molecular weight is 370 g/mol. The number of hydrogen-bond acceptors (Lipinski definition) is 5. The maximum absolute atomic E-state index is 12.5. The fraction of sp³-hybridized carbons (Fsp3) is 0.550. The van der Waals surface area contributed by atoms with Crippen LogP contribution in [-0.4, -0.2) is 47.8 Å². The predicted octanol–water partition coefficient (Wildman–Crippen LogP) is 0.827. The number of hydrogen-bond donors (Lipinski definition) is 3. The normalized spacial score (nSPS) is 30.2. The van der Waals surface area contributed by atoms with Crippen LogP contribution < -0.4 is 16.2 Å². The van der Waals surface area contributed by atoms with Crippen LogP contribution in [0.4, 0.5) is 0 Å². The molecule has 1 saturated carbocycles. The Balaban J connectivity index is 1.32. The van der Waals surface area contributed by atoms with E-state index >= 15 is 0 Å². The van der Waals surface area contributed by atoms with Gasteiger partial charge in [-0.2, -0.15) is 0 Å². The molecule has 27 heavy (non-hydrogen) atoms. The van der Waals surface area contributed by atoms with Crippen LogP contribution in [0.1, 0.15) is 42.5 Å². The van der Waals surface area contributed by atoms with Gasteiger partial charge < -0.3 is 10.2 Å². The second-order valence-electron chi connectivity index (χ2n) is 7.74. The fourth-order valence-corrected chi connectivity index (χ4v) is 4.54. The smallest absolute Gasteiger partial charge is 0.225 e. The van der Waals surface area contributed by atoms with Gasteiger partial charge in [-0.15, -0.1) is 0 Å². The molecule has 2 heterocycles. The third kappa shape index (κ3) is 3.75. The van der Waals surface area contributed by atoms with Crippen molar-refractivity contribution >= 4 is 17.6 Å². The van der Waals surface area contributed by atoms with Gasteiger partial charge in [0.05, 0.1) is 18.6 Å². The molecular formula is C20H26N4O3. The van der Waals surface area contributed by atoms with Crippen molar-refractivity contribution in [1.29, 1.82) is 0 Å². The number of nitrogens with one attached hydrogen (secondary N) is 3. The minimum Gasteiger partial charge on any atom is -0.348 e. The van der Waals surface area contributed by atoms with Crippen molar-refractivity contribution in [2.45, 2.75) is 44.3 Å². The number of carbonyl (C=O) groups excluding carboxylic acids is 3. The van der Waals surface area contributed by atoms with Crippen molar-refractivity contribution < 1.29 is 14.4 Å². The van der Waals surface area contributed by atoms with E-state index in [9.17, 15) is 14.4 Å². The Morgan fingerprint density at radius 1 is 1.11 bits per heavy atom. The number of amides is 2. The van der Waals surface area contributed by atoms with Crippen LogP contribution in [0.2, 0.25) is 0 Å². The van der Waals surface area contributed by atoms with Crippen LogP contribution >= 0.6 is 0 Å². The first-order valence-corrected chi connectivity index (χ1v) is 9.80. The van der Waals surface area contributed by atoms with Crippen molar-refractivity contribution in [1.82, 2.24) is 21.1 Å². The lowest BCUT2D eigenvalue weighted by molar-refractivity contribution is -0.131. The van der Waals surface area contributed by atoms with Gasteiger partial charge in [0.2, 0.25) is 11.8 Å². The van der Waals surface area contributed by atoms with E-state index in [-0.39, 0.29) is 36.7 Å². The summed E-state index contributed by atoms with van der Waals surface area (Å²) in [4.78, 5) is 39.0. The van der Waals surface area contributed by atoms with Crippen molar-refractivity contribution in [2.75, 3.05) is 13.1 Å². The van der Waals surface area contributed by atoms with E-state index in [1.54, 1.807) is 24.3 Å². The zero-order valence-corrected chi connectivity index (χ0v) is 15.3. The Bertz CT molecular complexity index is 723. The van der Waals surface area contributed by atoms with Gasteiger partial charge in [-0.3, -0.25) is 19.8 Å². The number of nitrogens with zero attached hydrogens (tertiary/aromatic N) is 1. The number of benzene rings is 1. The predicted molar refractivity (Wildman–Crippen MR) is 99.4 cm³/mol. The Morgan fingerprint density at radius 2 is 1.89 bits per heavy atom. The van der Waals surface area contributed by atoms with Crippen LogP contribution in [0.15, 0.2) is 30.3 Å². The Hall–Kier alpha value is -2.25. The molecule has 2 saturated heterocycles. The zero-order chi connectivity index (χ0) is 18.8. The first-order chi connectivity index (χ1) is 13.1. The summed E-state index contributed by atoms with van der Waals surface area (Å²) in [5.41, 5.74) is 7.17. The molecule has 7 nitrogen and oxygen atoms in total. The van der Waals surface area contributed by atoms with Crippen LogP contribution in [0.3, 0.4) is 0 Å². The maximum atomic E-state index is 12.5. The molecule has 2 aliphatic heterocycles. The Kier molecular flexibility index (Phi) is 5.22. The third-order valence-electron chi connectivity index (χ3n) is 6.03. The number of ketones is 1. The van der Waals surface area contributed by atoms with Gasteiger partial charge in [-0.05, 0) is 12.8 Å². The van der Waals surface area contributed by atoms with Gasteiger partial charge in [0.1, 0.15) is 0 Å². The van der Waals surface area contributed by atoms with Crippen molar-refractivity contribution in [2.24, 2.45) is 11.8 Å². The van der Waals surface area contributed by atoms with E-state index in [2.05, 4.69) is 16.2 Å². The molecule has 3 fully saturated rings. The monoisotopic (exact) mass is 370 g/mol. The molecule has 3 aliphatic rings. The molecule has 4 atom stereocenters. The van der Waals surface area contributed by atoms with Crippen LogP contribution in [0.5, 0.6) is 0 Å². The maximum Gasteiger partial charge on any atom is 0.225 e. The van der Waals surface area contributed by atoms with Gasteiger partial charge in [-0.1, -0.05) is 43.2 Å². The lowest BCUT2D eigenvalue weighted by Gasteiger charge is -2.32. The van der Waals surface area contributed by atoms with E-state index < -0.39 is 5.92 Å². The standard InChI is InChI=1S/C20H26N4O3/c25-17(13-6-2-1-3-7-13)11-21-20(27)14-10-18(26)24(12-14)19-15-8-4-5-9-16(15)22-23-19/h1-3,6-7,14-16,19,22-23H,4-5,8-12H2,(H,21,27). The molecule has 1 aromatic rings. The molecule has 2 amide bonds. The summed E-state index contributed by atoms with van der Waals surface area (Å²) in [7, 11) is 0. The largest absolute Gasteiger partial charge is 0.348 e. The van der Waals surface area contributed by atoms with Crippen molar-refractivity contribution in [3.63, 3.8) is 0 Å². The minimum atomic E-state index is -0.398. The van der Waals surface area contributed by atoms with E-state index in [1.807, 2.05) is 11.0 Å². The van der Waals surface area contributed by atoms with Gasteiger partial charge in [0, 0.05) is 30.5 Å². The van der Waals surface area contributed by atoms with Gasteiger partial charge >= 0.3 is 0 Å². The summed E-state index contributed by atoms with van der Waals surface area (Å²) in [6, 6.07) is 9.31. The van der Waals surface area contributed by atoms with E-state index in [0.29, 0.717) is 24.1 Å². The lowest BCUT2D eigenvalue weighted by Crippen LogP contribution is -2.48. The molecule has 0 spiro atoms. The highest BCUT2D eigenvalue weighted by atomic mass is 16.2. The number of likely N-dealkylation sites (tertiary alicyclic amines) is 1. The van der Waals surface area contributed by atoms with Crippen LogP contribution in [-0.2, 0) is 9.59 Å². The molecule has 1 aliphatic carbocycles. The summed E-state index contributed by atoms with van der Waals surface area (Å²) in [6.07, 6.45) is 4.81. The molecule has 7 heteroatoms. The zero-order valence-electron chi connectivity index (χ0n) is 15.3. The van der Waals surface area contributed by atoms with E-state index in [4.69, 9.17) is 0 Å².